The zero-order valence-corrected chi connectivity index (χ0v) is 20.9. The minimum absolute atomic E-state index is 0.128. The van der Waals surface area contributed by atoms with Gasteiger partial charge in [-0.3, -0.25) is 10.3 Å². The molecule has 0 radical (unpaired) electrons. The van der Waals surface area contributed by atoms with Gasteiger partial charge in [0.05, 0.1) is 11.3 Å². The molecule has 0 bridgehead atoms. The van der Waals surface area contributed by atoms with Crippen LogP contribution in [0, 0.1) is 5.41 Å². The lowest BCUT2D eigenvalue weighted by Crippen LogP contribution is -2.41. The van der Waals surface area contributed by atoms with E-state index in [2.05, 4.69) is 20.9 Å². The van der Waals surface area contributed by atoms with Crippen LogP contribution in [0.4, 0.5) is 29.5 Å². The number of anilines is 2. The van der Waals surface area contributed by atoms with E-state index in [1.807, 2.05) is 25.2 Å². The summed E-state index contributed by atoms with van der Waals surface area (Å²) in [6.07, 6.45) is -2.27. The summed E-state index contributed by atoms with van der Waals surface area (Å²) in [7, 11) is 1.87. The lowest BCUT2D eigenvalue weighted by atomic mass is 10.0. The number of fused-ring (bicyclic) bond motifs is 1. The van der Waals surface area contributed by atoms with Gasteiger partial charge in [0.15, 0.2) is 5.96 Å². The smallest absolute Gasteiger partial charge is 0.370 e. The molecule has 0 saturated carbocycles. The summed E-state index contributed by atoms with van der Waals surface area (Å²) < 4.78 is 39.8. The maximum atomic E-state index is 13.5. The fraction of sp³-hybridized carbons (Fsp3) is 0.296. The van der Waals surface area contributed by atoms with Crippen molar-refractivity contribution in [2.45, 2.75) is 38.0 Å². The third kappa shape index (κ3) is 6.41. The van der Waals surface area contributed by atoms with Gasteiger partial charge in [-0.25, -0.2) is 9.78 Å². The number of carbonyl (C=O) groups is 1. The van der Waals surface area contributed by atoms with E-state index in [0.717, 1.165) is 42.6 Å². The summed E-state index contributed by atoms with van der Waals surface area (Å²) in [6.45, 7) is 1.18. The highest BCUT2D eigenvalue weighted by atomic mass is 19.4. The summed E-state index contributed by atoms with van der Waals surface area (Å²) in [5.74, 6) is 0.325. The van der Waals surface area contributed by atoms with Crippen LogP contribution < -0.4 is 26.6 Å². The summed E-state index contributed by atoms with van der Waals surface area (Å²) in [6, 6.07) is 15.2. The number of nitrogens with two attached hydrogens (primary N) is 1. The predicted molar refractivity (Wildman–Crippen MR) is 142 cm³/mol. The molecule has 0 unspecified atom stereocenters. The Morgan fingerprint density at radius 3 is 2.61 bits per heavy atom. The molecule has 1 aliphatic heterocycles. The molecule has 0 fully saturated rings. The monoisotopic (exact) mass is 525 g/mol. The number of halogens is 3. The Hall–Kier alpha value is -4.12. The van der Waals surface area contributed by atoms with Crippen LogP contribution >= 0.6 is 0 Å². The summed E-state index contributed by atoms with van der Waals surface area (Å²) in [5, 5.41) is 16.0. The van der Waals surface area contributed by atoms with E-state index in [4.69, 9.17) is 11.1 Å². The number of pyridine rings is 1. The van der Waals surface area contributed by atoms with Gasteiger partial charge in [-0.15, -0.1) is 0 Å². The van der Waals surface area contributed by atoms with Crippen molar-refractivity contribution in [1.82, 2.24) is 15.6 Å². The first-order valence-corrected chi connectivity index (χ1v) is 12.2. The van der Waals surface area contributed by atoms with Crippen molar-refractivity contribution in [3.8, 4) is 11.3 Å². The molecular weight excluding hydrogens is 495 g/mol. The second-order valence-corrected chi connectivity index (χ2v) is 9.13. The lowest BCUT2D eigenvalue weighted by molar-refractivity contribution is -0.137. The lowest BCUT2D eigenvalue weighted by Gasteiger charge is -2.25. The Balaban J connectivity index is 1.60. The number of nitrogens with zero attached hydrogens (tertiary/aromatic N) is 2. The number of guanidine groups is 1. The maximum absolute atomic E-state index is 13.5. The summed E-state index contributed by atoms with van der Waals surface area (Å²) >= 11 is 0. The molecule has 38 heavy (non-hydrogen) atoms. The summed E-state index contributed by atoms with van der Waals surface area (Å²) in [5.41, 5.74) is 7.61. The molecule has 2 aromatic carbocycles. The second-order valence-electron chi connectivity index (χ2n) is 9.13. The van der Waals surface area contributed by atoms with Crippen LogP contribution in [-0.4, -0.2) is 36.6 Å². The largest absolute Gasteiger partial charge is 0.416 e. The van der Waals surface area contributed by atoms with Crippen molar-refractivity contribution >= 4 is 23.5 Å². The number of aromatic nitrogens is 1. The SMILES string of the molecule is CNCCC[C@H]1Cc2ccc(-c3cccc(C(F)(F)F)c3)nc2N1C(=O)Nc1ccc(CNC(=N)N)cc1. The van der Waals surface area contributed by atoms with Crippen LogP contribution in [0.5, 0.6) is 0 Å². The number of rotatable bonds is 8. The molecule has 2 heterocycles. The molecule has 0 aliphatic carbocycles. The molecule has 2 amide bonds. The highest BCUT2D eigenvalue weighted by Gasteiger charge is 2.35. The quantitative estimate of drug-likeness (QED) is 0.166. The number of nitrogens with one attached hydrogen (secondary N) is 4. The molecule has 4 rings (SSSR count). The second kappa shape index (κ2) is 11.5. The van der Waals surface area contributed by atoms with Crippen molar-refractivity contribution in [2.24, 2.45) is 5.73 Å². The highest BCUT2D eigenvalue weighted by Crippen LogP contribution is 2.36. The predicted octanol–water partition coefficient (Wildman–Crippen LogP) is 4.71. The Morgan fingerprint density at radius 2 is 1.92 bits per heavy atom. The standard InChI is InChI=1S/C27H30F3N7O/c1-33-13-3-6-22-15-19-9-12-23(18-4-2-5-20(14-18)27(28,29)30)36-24(19)37(22)26(38)35-21-10-7-17(8-11-21)16-34-25(31)32/h2,4-5,7-12,14,22,33H,3,6,13,15-16H2,1H3,(H,35,38)(H4,31,32,34)/t22-/m0/s1. The molecular formula is C27H30F3N7O. The van der Waals surface area contributed by atoms with Gasteiger partial charge < -0.3 is 21.7 Å². The summed E-state index contributed by atoms with van der Waals surface area (Å²) in [4.78, 5) is 19.8. The molecule has 1 atom stereocenters. The van der Waals surface area contributed by atoms with Crippen LogP contribution in [0.15, 0.2) is 60.7 Å². The average molecular weight is 526 g/mol. The van der Waals surface area contributed by atoms with E-state index in [0.29, 0.717) is 35.7 Å². The van der Waals surface area contributed by atoms with Gasteiger partial charge >= 0.3 is 12.2 Å². The van der Waals surface area contributed by atoms with Crippen molar-refractivity contribution in [1.29, 1.82) is 5.41 Å². The van der Waals surface area contributed by atoms with E-state index < -0.39 is 11.7 Å². The normalized spacial score (nSPS) is 14.7. The van der Waals surface area contributed by atoms with Gasteiger partial charge in [0.2, 0.25) is 0 Å². The van der Waals surface area contributed by atoms with Gasteiger partial charge in [0.25, 0.3) is 0 Å². The van der Waals surface area contributed by atoms with Crippen LogP contribution in [-0.2, 0) is 19.1 Å². The number of alkyl halides is 3. The molecule has 1 aromatic heterocycles. The Morgan fingerprint density at radius 1 is 1.16 bits per heavy atom. The zero-order chi connectivity index (χ0) is 27.3. The van der Waals surface area contributed by atoms with Gasteiger partial charge in [-0.2, -0.15) is 13.2 Å². The van der Waals surface area contributed by atoms with E-state index in [1.54, 1.807) is 29.2 Å². The van der Waals surface area contributed by atoms with Crippen LogP contribution in [0.1, 0.15) is 29.5 Å². The van der Waals surface area contributed by atoms with Crippen LogP contribution in [0.2, 0.25) is 0 Å². The van der Waals surface area contributed by atoms with Crippen molar-refractivity contribution in [3.05, 3.63) is 77.4 Å². The number of carbonyl (C=O) groups excluding carboxylic acids is 1. The number of urea groups is 1. The number of benzene rings is 2. The minimum atomic E-state index is -4.46. The number of hydrogen-bond donors (Lipinski definition) is 5. The average Bonchev–Trinajstić information content (AvgIpc) is 3.25. The fourth-order valence-corrected chi connectivity index (χ4v) is 4.47. The van der Waals surface area contributed by atoms with Crippen molar-refractivity contribution < 1.29 is 18.0 Å². The third-order valence-electron chi connectivity index (χ3n) is 6.36. The number of amides is 2. The first-order valence-electron chi connectivity index (χ1n) is 12.2. The maximum Gasteiger partial charge on any atom is 0.416 e. The Kier molecular flexibility index (Phi) is 8.16. The molecule has 8 nitrogen and oxygen atoms in total. The molecule has 0 saturated heterocycles. The molecule has 11 heteroatoms. The molecule has 200 valence electrons. The van der Waals surface area contributed by atoms with Gasteiger partial charge in [-0.1, -0.05) is 30.3 Å². The van der Waals surface area contributed by atoms with E-state index in [9.17, 15) is 18.0 Å². The molecule has 0 spiro atoms. The fourth-order valence-electron chi connectivity index (χ4n) is 4.47. The van der Waals surface area contributed by atoms with Gasteiger partial charge in [-0.05, 0) is 74.3 Å². The third-order valence-corrected chi connectivity index (χ3v) is 6.36. The van der Waals surface area contributed by atoms with Crippen LogP contribution in [0.3, 0.4) is 0 Å². The van der Waals surface area contributed by atoms with Crippen molar-refractivity contribution in [3.63, 3.8) is 0 Å². The molecule has 1 aliphatic rings. The number of hydrogen-bond acceptors (Lipinski definition) is 4. The highest BCUT2D eigenvalue weighted by molar-refractivity contribution is 6.03. The van der Waals surface area contributed by atoms with E-state index >= 15 is 0 Å². The van der Waals surface area contributed by atoms with Gasteiger partial charge in [0.1, 0.15) is 5.82 Å². The first kappa shape index (κ1) is 26.9. The van der Waals surface area contributed by atoms with Crippen LogP contribution in [0.25, 0.3) is 11.3 Å². The molecule has 6 N–H and O–H groups in total. The Bertz CT molecular complexity index is 1290. The molecule has 3 aromatic rings. The minimum Gasteiger partial charge on any atom is -0.370 e. The van der Waals surface area contributed by atoms with E-state index in [1.165, 1.54) is 6.07 Å². The zero-order valence-electron chi connectivity index (χ0n) is 20.9. The van der Waals surface area contributed by atoms with Gasteiger partial charge in [0, 0.05) is 23.8 Å². The van der Waals surface area contributed by atoms with Crippen molar-refractivity contribution in [2.75, 3.05) is 23.8 Å². The topological polar surface area (TPSA) is 119 Å². The first-order chi connectivity index (χ1) is 18.2. The van der Waals surface area contributed by atoms with E-state index in [-0.39, 0.29) is 18.0 Å². The Labute approximate surface area is 219 Å².